The van der Waals surface area contributed by atoms with E-state index in [1.54, 1.807) is 11.8 Å². The minimum Gasteiger partial charge on any atom is -0.379 e. The fourth-order valence-corrected chi connectivity index (χ4v) is 3.04. The van der Waals surface area contributed by atoms with Crippen LogP contribution in [0, 0.1) is 11.6 Å². The zero-order chi connectivity index (χ0) is 15.0. The molecule has 1 aromatic carbocycles. The number of nitrogens with zero attached hydrogens (tertiary/aromatic N) is 1. The van der Waals surface area contributed by atoms with Crippen molar-refractivity contribution in [1.29, 1.82) is 0 Å². The summed E-state index contributed by atoms with van der Waals surface area (Å²) in [7, 11) is 0. The molecule has 0 bridgehead atoms. The molecule has 2 fully saturated rings. The van der Waals surface area contributed by atoms with Crippen LogP contribution < -0.4 is 5.32 Å². The topological polar surface area (TPSA) is 41.6 Å². The molecule has 3 rings (SSSR count). The van der Waals surface area contributed by atoms with E-state index in [4.69, 9.17) is 4.74 Å². The summed E-state index contributed by atoms with van der Waals surface area (Å²) in [5.41, 5.74) is 0.291. The number of nitrogens with one attached hydrogen (secondary N) is 1. The Balaban J connectivity index is 1.92. The van der Waals surface area contributed by atoms with Crippen LogP contribution in [0.25, 0.3) is 0 Å². The van der Waals surface area contributed by atoms with Crippen molar-refractivity contribution in [3.8, 4) is 0 Å². The van der Waals surface area contributed by atoms with Gasteiger partial charge in [0.15, 0.2) is 0 Å². The van der Waals surface area contributed by atoms with Crippen LogP contribution in [0.5, 0.6) is 0 Å². The van der Waals surface area contributed by atoms with Crippen LogP contribution in [0.4, 0.5) is 8.78 Å². The van der Waals surface area contributed by atoms with E-state index in [-0.39, 0.29) is 18.0 Å². The van der Waals surface area contributed by atoms with Crippen LogP contribution >= 0.6 is 0 Å². The molecule has 1 amide bonds. The molecule has 21 heavy (non-hydrogen) atoms. The molecule has 2 heterocycles. The Labute approximate surface area is 122 Å². The van der Waals surface area contributed by atoms with Gasteiger partial charge in [-0.05, 0) is 31.9 Å². The molecular weight excluding hydrogens is 278 g/mol. The minimum atomic E-state index is -0.642. The van der Waals surface area contributed by atoms with E-state index in [0.29, 0.717) is 18.8 Å². The lowest BCUT2D eigenvalue weighted by Crippen LogP contribution is -2.44. The van der Waals surface area contributed by atoms with Crippen LogP contribution in [0.15, 0.2) is 18.2 Å². The van der Waals surface area contributed by atoms with Crippen LogP contribution in [0.2, 0.25) is 0 Å². The molecule has 3 unspecified atom stereocenters. The summed E-state index contributed by atoms with van der Waals surface area (Å²) < 4.78 is 32.6. The van der Waals surface area contributed by atoms with Crippen molar-refractivity contribution in [3.63, 3.8) is 0 Å². The maximum Gasteiger partial charge on any atom is 0.241 e. The maximum atomic E-state index is 14.0. The second-order valence-corrected chi connectivity index (χ2v) is 5.57. The second kappa shape index (κ2) is 5.69. The highest BCUT2D eigenvalue weighted by Crippen LogP contribution is 2.31. The number of carbonyl (C=O) groups excluding carboxylic acids is 1. The molecule has 1 N–H and O–H groups in total. The smallest absolute Gasteiger partial charge is 0.241 e. The summed E-state index contributed by atoms with van der Waals surface area (Å²) >= 11 is 0. The number of hydrogen-bond donors (Lipinski definition) is 1. The lowest BCUT2D eigenvalue weighted by molar-refractivity contribution is -0.135. The summed E-state index contributed by atoms with van der Waals surface area (Å²) in [4.78, 5) is 14.0. The Morgan fingerprint density at radius 1 is 1.38 bits per heavy atom. The fourth-order valence-electron chi connectivity index (χ4n) is 3.04. The van der Waals surface area contributed by atoms with Gasteiger partial charge in [-0.1, -0.05) is 0 Å². The summed E-state index contributed by atoms with van der Waals surface area (Å²) in [5, 5.41) is 3.09. The van der Waals surface area contributed by atoms with E-state index in [1.807, 2.05) is 0 Å². The summed E-state index contributed by atoms with van der Waals surface area (Å²) in [6, 6.07) is 2.99. The molecule has 2 aliphatic heterocycles. The zero-order valence-electron chi connectivity index (χ0n) is 11.8. The second-order valence-electron chi connectivity index (χ2n) is 5.57. The number of benzene rings is 1. The third kappa shape index (κ3) is 2.65. The first-order chi connectivity index (χ1) is 10.1. The molecule has 2 saturated heterocycles. The third-order valence-electron chi connectivity index (χ3n) is 4.10. The number of halogens is 2. The van der Waals surface area contributed by atoms with Gasteiger partial charge in [0.25, 0.3) is 0 Å². The molecule has 2 aliphatic rings. The Morgan fingerprint density at radius 2 is 2.19 bits per heavy atom. The molecule has 0 aromatic heterocycles. The fraction of sp³-hybridized carbons (Fsp3) is 0.533. The van der Waals surface area contributed by atoms with Crippen LogP contribution in [0.1, 0.15) is 31.5 Å². The zero-order valence-corrected chi connectivity index (χ0v) is 11.8. The van der Waals surface area contributed by atoms with Gasteiger partial charge in [0.1, 0.15) is 17.8 Å². The molecule has 0 saturated carbocycles. The Morgan fingerprint density at radius 3 is 2.86 bits per heavy atom. The van der Waals surface area contributed by atoms with Crippen molar-refractivity contribution < 1.29 is 18.3 Å². The van der Waals surface area contributed by atoms with E-state index in [9.17, 15) is 13.6 Å². The first kappa shape index (κ1) is 14.4. The van der Waals surface area contributed by atoms with Gasteiger partial charge in [-0.25, -0.2) is 8.78 Å². The number of amides is 1. The standard InChI is InChI=1S/C15H18F2N2O2/c1-9-15(20)19(11-3-2-6-21-8-11)14(18-9)12-5-4-10(16)7-13(12)17/h4-5,7,9,11,14,18H,2-3,6,8H2,1H3. The van der Waals surface area contributed by atoms with Crippen molar-refractivity contribution in [3.05, 3.63) is 35.4 Å². The van der Waals surface area contributed by atoms with Crippen molar-refractivity contribution in [2.45, 2.75) is 38.0 Å². The van der Waals surface area contributed by atoms with Gasteiger partial charge >= 0.3 is 0 Å². The average molecular weight is 296 g/mol. The van der Waals surface area contributed by atoms with Gasteiger partial charge in [0.05, 0.1) is 18.7 Å². The summed E-state index contributed by atoms with van der Waals surface area (Å²) in [6.45, 7) is 2.90. The van der Waals surface area contributed by atoms with E-state index >= 15 is 0 Å². The lowest BCUT2D eigenvalue weighted by Gasteiger charge is -2.35. The van der Waals surface area contributed by atoms with Gasteiger partial charge < -0.3 is 9.64 Å². The van der Waals surface area contributed by atoms with Crippen molar-refractivity contribution in [1.82, 2.24) is 10.2 Å². The van der Waals surface area contributed by atoms with Gasteiger partial charge in [0.2, 0.25) is 5.91 Å². The summed E-state index contributed by atoms with van der Waals surface area (Å²) in [5.74, 6) is -1.34. The SMILES string of the molecule is CC1NC(c2ccc(F)cc2F)N(C2CCCOC2)C1=O. The van der Waals surface area contributed by atoms with Crippen LogP contribution in [0.3, 0.4) is 0 Å². The van der Waals surface area contributed by atoms with Gasteiger partial charge in [-0.3, -0.25) is 10.1 Å². The van der Waals surface area contributed by atoms with Crippen molar-refractivity contribution in [2.75, 3.05) is 13.2 Å². The Bertz CT molecular complexity index is 546. The highest BCUT2D eigenvalue weighted by Gasteiger charge is 2.42. The lowest BCUT2D eigenvalue weighted by atomic mass is 10.1. The number of carbonyl (C=O) groups is 1. The van der Waals surface area contributed by atoms with Gasteiger partial charge in [0, 0.05) is 18.2 Å². The van der Waals surface area contributed by atoms with E-state index in [1.165, 1.54) is 12.1 Å². The highest BCUT2D eigenvalue weighted by molar-refractivity contribution is 5.84. The first-order valence-electron chi connectivity index (χ1n) is 7.19. The number of rotatable bonds is 2. The highest BCUT2D eigenvalue weighted by atomic mass is 19.1. The molecule has 0 spiro atoms. The number of hydrogen-bond acceptors (Lipinski definition) is 3. The van der Waals surface area contributed by atoms with Crippen LogP contribution in [-0.4, -0.2) is 36.1 Å². The summed E-state index contributed by atoms with van der Waals surface area (Å²) in [6.07, 6.45) is 1.14. The molecule has 3 atom stereocenters. The normalized spacial score (nSPS) is 30.0. The quantitative estimate of drug-likeness (QED) is 0.907. The monoisotopic (exact) mass is 296 g/mol. The Kier molecular flexibility index (Phi) is 3.91. The van der Waals surface area contributed by atoms with Gasteiger partial charge in [-0.2, -0.15) is 0 Å². The molecule has 4 nitrogen and oxygen atoms in total. The third-order valence-corrected chi connectivity index (χ3v) is 4.10. The van der Waals surface area contributed by atoms with E-state index in [2.05, 4.69) is 5.32 Å². The molecular formula is C15H18F2N2O2. The van der Waals surface area contributed by atoms with Crippen LogP contribution in [-0.2, 0) is 9.53 Å². The minimum absolute atomic E-state index is 0.0702. The first-order valence-corrected chi connectivity index (χ1v) is 7.19. The Hall–Kier alpha value is -1.53. The van der Waals surface area contributed by atoms with Crippen molar-refractivity contribution >= 4 is 5.91 Å². The predicted octanol–water partition coefficient (Wildman–Crippen LogP) is 1.96. The largest absolute Gasteiger partial charge is 0.379 e. The predicted molar refractivity (Wildman–Crippen MR) is 72.4 cm³/mol. The molecule has 0 aliphatic carbocycles. The average Bonchev–Trinajstić information content (AvgIpc) is 2.75. The maximum absolute atomic E-state index is 14.0. The van der Waals surface area contributed by atoms with Gasteiger partial charge in [-0.15, -0.1) is 0 Å². The van der Waals surface area contributed by atoms with E-state index < -0.39 is 17.8 Å². The van der Waals surface area contributed by atoms with E-state index in [0.717, 1.165) is 18.9 Å². The molecule has 0 radical (unpaired) electrons. The van der Waals surface area contributed by atoms with Crippen molar-refractivity contribution in [2.24, 2.45) is 0 Å². The number of ether oxygens (including phenoxy) is 1. The molecule has 1 aromatic rings. The molecule has 6 heteroatoms. The molecule has 114 valence electrons.